The van der Waals surface area contributed by atoms with Crippen molar-refractivity contribution < 1.29 is 48.5 Å². The van der Waals surface area contributed by atoms with Crippen LogP contribution in [-0.4, -0.2) is 83.6 Å². The Morgan fingerprint density at radius 2 is 1.77 bits per heavy atom. The Kier molecular flexibility index (Phi) is 5.82. The maximum Gasteiger partial charge on any atom is 0.310 e. The third-order valence-corrected chi connectivity index (χ3v) is 12.7. The molecule has 10 nitrogen and oxygen atoms in total. The number of rotatable bonds is 3. The Balaban J connectivity index is 1.33. The summed E-state index contributed by atoms with van der Waals surface area (Å²) in [5, 5.41) is 35.1. The summed E-state index contributed by atoms with van der Waals surface area (Å²) in [5.74, 6) is -4.62. The van der Waals surface area contributed by atoms with Gasteiger partial charge in [-0.2, -0.15) is 0 Å². The first kappa shape index (κ1) is 26.8. The molecule has 218 valence electrons. The number of aliphatic carboxylic acids is 1. The normalized spacial score (nSPS) is 54.5. The number of carboxylic acids is 1. The molecule has 11 atom stereocenters. The topological polar surface area (TPSA) is 133 Å². The van der Waals surface area contributed by atoms with Crippen LogP contribution >= 0.6 is 0 Å². The van der Waals surface area contributed by atoms with Gasteiger partial charge < -0.3 is 43.7 Å². The Morgan fingerprint density at radius 1 is 1.03 bits per heavy atom. The fourth-order valence-electron chi connectivity index (χ4n) is 11.0. The molecule has 7 fully saturated rings. The minimum absolute atomic E-state index is 0.0294. The van der Waals surface area contributed by atoms with E-state index in [1.54, 1.807) is 0 Å². The first-order valence-corrected chi connectivity index (χ1v) is 14.5. The SMILES string of the molecule is C=CC(C(=O)O)[C@@H]1C[C@@H]2[C@H]([C@@H](O)C[C@@]3(C)[C@H]2CC[C@@]32OCOC23COCO3)[C@@]2(C)CCC3(C[C@]12O)OCCO3. The molecule has 7 aliphatic rings. The highest BCUT2D eigenvalue weighted by atomic mass is 16.9. The minimum atomic E-state index is -1.42. The summed E-state index contributed by atoms with van der Waals surface area (Å²) in [6.07, 6.45) is 4.55. The van der Waals surface area contributed by atoms with E-state index >= 15 is 0 Å². The van der Waals surface area contributed by atoms with Crippen molar-refractivity contribution in [1.82, 2.24) is 0 Å². The van der Waals surface area contributed by atoms with Gasteiger partial charge in [0, 0.05) is 29.6 Å². The number of carboxylic acid groups (broad SMARTS) is 1. The Bertz CT molecular complexity index is 1030. The van der Waals surface area contributed by atoms with Crippen LogP contribution in [0.15, 0.2) is 12.7 Å². The molecule has 3 heterocycles. The zero-order valence-corrected chi connectivity index (χ0v) is 22.9. The van der Waals surface area contributed by atoms with Crippen LogP contribution in [0.25, 0.3) is 0 Å². The van der Waals surface area contributed by atoms with Crippen LogP contribution < -0.4 is 0 Å². The molecule has 0 aromatic rings. The molecular weight excluding hydrogens is 508 g/mol. The number of fused-ring (bicyclic) bond motifs is 7. The number of aliphatic hydroxyl groups is 2. The molecule has 0 bridgehead atoms. The van der Waals surface area contributed by atoms with Crippen LogP contribution in [0.2, 0.25) is 0 Å². The molecule has 0 aromatic heterocycles. The summed E-state index contributed by atoms with van der Waals surface area (Å²) in [5.41, 5.74) is -3.43. The molecule has 3 aliphatic heterocycles. The van der Waals surface area contributed by atoms with Gasteiger partial charge >= 0.3 is 5.97 Å². The van der Waals surface area contributed by atoms with Crippen molar-refractivity contribution in [2.24, 2.45) is 40.4 Å². The van der Waals surface area contributed by atoms with Gasteiger partial charge in [0.2, 0.25) is 5.79 Å². The maximum absolute atomic E-state index is 12.8. The van der Waals surface area contributed by atoms with E-state index in [-0.39, 0.29) is 44.4 Å². The van der Waals surface area contributed by atoms with Crippen molar-refractivity contribution in [3.8, 4) is 0 Å². The van der Waals surface area contributed by atoms with Crippen LogP contribution in [0, 0.1) is 40.4 Å². The predicted molar refractivity (Wildman–Crippen MR) is 134 cm³/mol. The minimum Gasteiger partial charge on any atom is -0.481 e. The lowest BCUT2D eigenvalue weighted by molar-refractivity contribution is -0.323. The van der Waals surface area contributed by atoms with E-state index in [9.17, 15) is 20.1 Å². The molecular formula is C29H42O10. The second-order valence-corrected chi connectivity index (χ2v) is 13.7. The standard InChI is InChI=1S/C29H42O10/c1-4-17(23(31)32)20-11-18-19-5-6-28(29(39-16-37-28)14-34-15-38-29)25(19,3)12-21(30)22(18)24(2)7-8-26(13-27(20,24)33)35-9-10-36-26/h4,17-22,30,33H,1,5-16H2,2-3H3,(H,31,32)/t17?,18-,19-,20-,21-,22+,24+,25-,27-,28+,29?/m0/s1. The summed E-state index contributed by atoms with van der Waals surface area (Å²) < 4.78 is 36.4. The van der Waals surface area contributed by atoms with Crippen LogP contribution in [0.3, 0.4) is 0 Å². The van der Waals surface area contributed by atoms with E-state index in [1.807, 2.05) is 0 Å². The molecule has 7 rings (SSSR count). The largest absolute Gasteiger partial charge is 0.481 e. The number of hydrogen-bond acceptors (Lipinski definition) is 9. The van der Waals surface area contributed by atoms with Gasteiger partial charge in [0.15, 0.2) is 19.4 Å². The fraction of sp³-hybridized carbons (Fsp3) is 0.897. The summed E-state index contributed by atoms with van der Waals surface area (Å²) in [7, 11) is 0. The highest BCUT2D eigenvalue weighted by Gasteiger charge is 2.79. The van der Waals surface area contributed by atoms with Gasteiger partial charge in [-0.05, 0) is 49.9 Å². The van der Waals surface area contributed by atoms with Gasteiger partial charge in [-0.25, -0.2) is 0 Å². The van der Waals surface area contributed by atoms with Crippen molar-refractivity contribution in [1.29, 1.82) is 0 Å². The first-order valence-electron chi connectivity index (χ1n) is 14.5. The second-order valence-electron chi connectivity index (χ2n) is 13.7. The number of hydrogen-bond donors (Lipinski definition) is 3. The quantitative estimate of drug-likeness (QED) is 0.450. The molecule has 10 heteroatoms. The molecule has 39 heavy (non-hydrogen) atoms. The van der Waals surface area contributed by atoms with Crippen molar-refractivity contribution in [3.63, 3.8) is 0 Å². The highest BCUT2D eigenvalue weighted by Crippen LogP contribution is 2.74. The van der Waals surface area contributed by atoms with Crippen molar-refractivity contribution in [3.05, 3.63) is 12.7 Å². The lowest BCUT2D eigenvalue weighted by Gasteiger charge is -2.69. The van der Waals surface area contributed by atoms with Crippen LogP contribution in [-0.2, 0) is 33.2 Å². The fourth-order valence-corrected chi connectivity index (χ4v) is 11.0. The van der Waals surface area contributed by atoms with Gasteiger partial charge in [-0.15, -0.1) is 6.58 Å². The van der Waals surface area contributed by atoms with E-state index in [0.717, 1.165) is 6.42 Å². The summed E-state index contributed by atoms with van der Waals surface area (Å²) >= 11 is 0. The van der Waals surface area contributed by atoms with E-state index < -0.39 is 57.5 Å². The van der Waals surface area contributed by atoms with Gasteiger partial charge in [0.25, 0.3) is 0 Å². The third kappa shape index (κ3) is 3.12. The van der Waals surface area contributed by atoms with E-state index in [1.165, 1.54) is 6.08 Å². The highest BCUT2D eigenvalue weighted by molar-refractivity contribution is 5.72. The molecule has 3 saturated heterocycles. The molecule has 4 saturated carbocycles. The number of aliphatic hydroxyl groups excluding tert-OH is 1. The maximum atomic E-state index is 12.8. The van der Waals surface area contributed by atoms with Crippen molar-refractivity contribution in [2.75, 3.05) is 33.4 Å². The van der Waals surface area contributed by atoms with Gasteiger partial charge in [0.05, 0.1) is 30.8 Å². The van der Waals surface area contributed by atoms with Crippen molar-refractivity contribution in [2.45, 2.75) is 87.7 Å². The van der Waals surface area contributed by atoms with Crippen LogP contribution in [0.4, 0.5) is 0 Å². The van der Waals surface area contributed by atoms with E-state index in [2.05, 4.69) is 20.4 Å². The third-order valence-electron chi connectivity index (χ3n) is 12.7. The summed E-state index contributed by atoms with van der Waals surface area (Å²) in [6, 6.07) is 0. The predicted octanol–water partition coefficient (Wildman–Crippen LogP) is 2.41. The molecule has 0 aromatic carbocycles. The molecule has 4 aliphatic carbocycles. The van der Waals surface area contributed by atoms with E-state index in [4.69, 9.17) is 28.4 Å². The lowest BCUT2D eigenvalue weighted by atomic mass is 9.38. The van der Waals surface area contributed by atoms with Gasteiger partial charge in [0.1, 0.15) is 12.2 Å². The van der Waals surface area contributed by atoms with Gasteiger partial charge in [-0.1, -0.05) is 19.9 Å². The molecule has 3 spiro atoms. The zero-order chi connectivity index (χ0) is 27.5. The average Bonchev–Trinajstić information content (AvgIpc) is 3.66. The van der Waals surface area contributed by atoms with E-state index in [0.29, 0.717) is 45.3 Å². The first-order chi connectivity index (χ1) is 18.5. The monoisotopic (exact) mass is 550 g/mol. The Morgan fingerprint density at radius 3 is 2.44 bits per heavy atom. The molecule has 3 N–H and O–H groups in total. The van der Waals surface area contributed by atoms with Crippen molar-refractivity contribution >= 4 is 5.97 Å². The smallest absolute Gasteiger partial charge is 0.310 e. The Hall–Kier alpha value is -1.11. The lowest BCUT2D eigenvalue weighted by Crippen LogP contribution is -2.73. The second kappa shape index (κ2) is 8.47. The average molecular weight is 551 g/mol. The number of carbonyl (C=O) groups is 1. The molecule has 0 radical (unpaired) electrons. The van der Waals surface area contributed by atoms with Gasteiger partial charge in [-0.3, -0.25) is 4.79 Å². The molecule has 2 unspecified atom stereocenters. The summed E-state index contributed by atoms with van der Waals surface area (Å²) in [6.45, 7) is 9.54. The summed E-state index contributed by atoms with van der Waals surface area (Å²) in [4.78, 5) is 12.6. The number of ether oxygens (including phenoxy) is 6. The molecule has 0 amide bonds. The van der Waals surface area contributed by atoms with Crippen LogP contribution in [0.1, 0.15) is 58.8 Å². The zero-order valence-electron chi connectivity index (χ0n) is 22.9. The van der Waals surface area contributed by atoms with Crippen LogP contribution in [0.5, 0.6) is 0 Å². The Labute approximate surface area is 228 Å².